The largest absolute Gasteiger partial charge is 0.355 e. The number of pyridine rings is 1. The van der Waals surface area contributed by atoms with Crippen molar-refractivity contribution in [2.24, 2.45) is 11.3 Å². The van der Waals surface area contributed by atoms with Crippen LogP contribution in [0.2, 0.25) is 0 Å². The van der Waals surface area contributed by atoms with Gasteiger partial charge in [0.1, 0.15) is 5.82 Å². The first-order valence-electron chi connectivity index (χ1n) is 11.1. The van der Waals surface area contributed by atoms with Gasteiger partial charge in [0.2, 0.25) is 11.8 Å². The molecular weight excluding hydrogens is 366 g/mol. The lowest BCUT2D eigenvalue weighted by Gasteiger charge is -2.49. The van der Waals surface area contributed by atoms with E-state index < -0.39 is 0 Å². The summed E-state index contributed by atoms with van der Waals surface area (Å²) in [5, 5.41) is 3.46. The van der Waals surface area contributed by atoms with Gasteiger partial charge in [0.05, 0.1) is 11.9 Å². The Balaban J connectivity index is 1.16. The van der Waals surface area contributed by atoms with Gasteiger partial charge in [0, 0.05) is 44.4 Å². The Morgan fingerprint density at radius 3 is 2.52 bits per heavy atom. The van der Waals surface area contributed by atoms with E-state index in [2.05, 4.69) is 20.1 Å². The van der Waals surface area contributed by atoms with Crippen molar-refractivity contribution in [2.45, 2.75) is 38.5 Å². The van der Waals surface area contributed by atoms with Crippen LogP contribution >= 0.6 is 0 Å². The third-order valence-corrected chi connectivity index (χ3v) is 7.14. The van der Waals surface area contributed by atoms with Crippen LogP contribution in [0.1, 0.15) is 38.5 Å². The average molecular weight is 398 g/mol. The predicted octanol–water partition coefficient (Wildman–Crippen LogP) is 1.64. The van der Waals surface area contributed by atoms with Crippen molar-refractivity contribution >= 4 is 23.3 Å². The number of rotatable bonds is 4. The molecule has 0 aliphatic carbocycles. The molecule has 29 heavy (non-hydrogen) atoms. The third kappa shape index (κ3) is 3.78. The second-order valence-corrected chi connectivity index (χ2v) is 9.39. The minimum atomic E-state index is -0.113. The van der Waals surface area contributed by atoms with Crippen molar-refractivity contribution in [3.63, 3.8) is 0 Å². The van der Waals surface area contributed by atoms with E-state index >= 15 is 0 Å². The summed E-state index contributed by atoms with van der Waals surface area (Å²) >= 11 is 0. The quantitative estimate of drug-likeness (QED) is 0.779. The number of likely N-dealkylation sites (tertiary alicyclic amines) is 1. The fourth-order valence-electron chi connectivity index (χ4n) is 5.54. The van der Waals surface area contributed by atoms with Crippen molar-refractivity contribution in [1.82, 2.24) is 15.2 Å². The van der Waals surface area contributed by atoms with Gasteiger partial charge in [-0.15, -0.1) is 0 Å². The Morgan fingerprint density at radius 1 is 1.07 bits per heavy atom. The molecule has 0 unspecified atom stereocenters. The minimum absolute atomic E-state index is 0.113. The van der Waals surface area contributed by atoms with Crippen LogP contribution in [-0.4, -0.2) is 67.5 Å². The lowest BCUT2D eigenvalue weighted by atomic mass is 9.79. The number of hydrogen-bond donors (Lipinski definition) is 1. The topological polar surface area (TPSA) is 68.8 Å². The first kappa shape index (κ1) is 19.0. The van der Waals surface area contributed by atoms with E-state index in [1.165, 1.54) is 56.9 Å². The molecule has 1 spiro atoms. The molecule has 7 heteroatoms. The lowest BCUT2D eigenvalue weighted by Crippen LogP contribution is -2.58. The second kappa shape index (κ2) is 7.69. The van der Waals surface area contributed by atoms with Crippen molar-refractivity contribution < 1.29 is 9.59 Å². The lowest BCUT2D eigenvalue weighted by molar-refractivity contribution is -0.129. The number of amides is 2. The molecule has 0 atom stereocenters. The van der Waals surface area contributed by atoms with Gasteiger partial charge in [0.25, 0.3) is 0 Å². The molecule has 156 valence electrons. The van der Waals surface area contributed by atoms with Crippen LogP contribution in [0.3, 0.4) is 0 Å². The molecule has 5 heterocycles. The van der Waals surface area contributed by atoms with E-state index in [-0.39, 0.29) is 11.8 Å². The number of hydrogen-bond acceptors (Lipinski definition) is 6. The number of anilines is 2. The normalized spacial score (nSPS) is 25.7. The highest BCUT2D eigenvalue weighted by Crippen LogP contribution is 2.42. The Kier molecular flexibility index (Phi) is 5.04. The highest BCUT2D eigenvalue weighted by Gasteiger charge is 2.48. The highest BCUT2D eigenvalue weighted by molar-refractivity contribution is 6.16. The maximum Gasteiger partial charge on any atom is 0.233 e. The summed E-state index contributed by atoms with van der Waals surface area (Å²) in [6, 6.07) is 3.83. The fourth-order valence-corrected chi connectivity index (χ4v) is 5.54. The fraction of sp³-hybridized carbons (Fsp3) is 0.682. The maximum atomic E-state index is 12.1. The predicted molar refractivity (Wildman–Crippen MR) is 112 cm³/mol. The van der Waals surface area contributed by atoms with Crippen LogP contribution in [0, 0.1) is 11.3 Å². The number of aromatic nitrogens is 1. The van der Waals surface area contributed by atoms with Gasteiger partial charge in [-0.2, -0.15) is 0 Å². The molecule has 2 amide bonds. The Bertz CT molecular complexity index is 752. The van der Waals surface area contributed by atoms with Crippen molar-refractivity contribution in [2.75, 3.05) is 55.6 Å². The van der Waals surface area contributed by atoms with Gasteiger partial charge < -0.3 is 15.1 Å². The van der Waals surface area contributed by atoms with Gasteiger partial charge in [-0.25, -0.2) is 9.88 Å². The van der Waals surface area contributed by atoms with Crippen LogP contribution in [0.5, 0.6) is 0 Å². The molecule has 4 saturated heterocycles. The number of nitrogens with one attached hydrogen (secondary N) is 1. The highest BCUT2D eigenvalue weighted by atomic mass is 16.2. The molecule has 1 N–H and O–H groups in total. The molecule has 7 nitrogen and oxygen atoms in total. The van der Waals surface area contributed by atoms with E-state index in [1.807, 2.05) is 12.1 Å². The Morgan fingerprint density at radius 2 is 1.83 bits per heavy atom. The third-order valence-electron chi connectivity index (χ3n) is 7.14. The van der Waals surface area contributed by atoms with E-state index in [1.54, 1.807) is 6.20 Å². The molecule has 0 saturated carbocycles. The van der Waals surface area contributed by atoms with Crippen LogP contribution in [0.15, 0.2) is 18.3 Å². The minimum Gasteiger partial charge on any atom is -0.355 e. The first-order chi connectivity index (χ1) is 14.1. The van der Waals surface area contributed by atoms with Crippen LogP contribution < -0.4 is 15.1 Å². The zero-order valence-corrected chi connectivity index (χ0v) is 17.1. The van der Waals surface area contributed by atoms with E-state index in [0.29, 0.717) is 30.4 Å². The number of imide groups is 1. The first-order valence-corrected chi connectivity index (χ1v) is 11.1. The number of nitrogens with zero attached hydrogens (tertiary/aromatic N) is 4. The summed E-state index contributed by atoms with van der Waals surface area (Å²) in [5.74, 6) is 1.59. The van der Waals surface area contributed by atoms with Gasteiger partial charge in [0.15, 0.2) is 0 Å². The zero-order chi connectivity index (χ0) is 19.8. The molecule has 5 rings (SSSR count). The van der Waals surface area contributed by atoms with Crippen molar-refractivity contribution in [3.05, 3.63) is 18.3 Å². The summed E-state index contributed by atoms with van der Waals surface area (Å²) < 4.78 is 0. The second-order valence-electron chi connectivity index (χ2n) is 9.39. The Hall–Kier alpha value is -1.99. The van der Waals surface area contributed by atoms with Gasteiger partial charge >= 0.3 is 0 Å². The van der Waals surface area contributed by atoms with Crippen LogP contribution in [-0.2, 0) is 9.59 Å². The van der Waals surface area contributed by atoms with Gasteiger partial charge in [-0.05, 0) is 63.4 Å². The van der Waals surface area contributed by atoms with Gasteiger partial charge in [-0.3, -0.25) is 9.59 Å². The molecular formula is C22H31N5O2. The molecule has 1 aromatic rings. The number of piperidine rings is 2. The smallest absolute Gasteiger partial charge is 0.233 e. The van der Waals surface area contributed by atoms with Gasteiger partial charge in [-0.1, -0.05) is 0 Å². The van der Waals surface area contributed by atoms with Crippen LogP contribution in [0.4, 0.5) is 11.5 Å². The molecule has 4 aliphatic heterocycles. The van der Waals surface area contributed by atoms with E-state index in [4.69, 9.17) is 0 Å². The molecule has 4 aliphatic rings. The summed E-state index contributed by atoms with van der Waals surface area (Å²) in [6.45, 7) is 8.16. The SMILES string of the molecule is O=C1CCCC(=O)N1c1ccc(N2CC3(CCN(CC4CCNCC4)C3)C2)nc1. The number of carbonyl (C=O) groups is 2. The van der Waals surface area contributed by atoms with Crippen molar-refractivity contribution in [1.29, 1.82) is 0 Å². The zero-order valence-electron chi connectivity index (χ0n) is 17.1. The average Bonchev–Trinajstić information content (AvgIpc) is 3.12. The van der Waals surface area contributed by atoms with E-state index in [9.17, 15) is 9.59 Å². The molecule has 0 aromatic carbocycles. The molecule has 4 fully saturated rings. The number of carbonyl (C=O) groups excluding carboxylic acids is 2. The summed E-state index contributed by atoms with van der Waals surface area (Å²) in [4.78, 5) is 35.1. The molecule has 1 aromatic heterocycles. The summed E-state index contributed by atoms with van der Waals surface area (Å²) in [7, 11) is 0. The van der Waals surface area contributed by atoms with E-state index in [0.717, 1.165) is 24.8 Å². The Labute approximate surface area is 172 Å². The van der Waals surface area contributed by atoms with Crippen molar-refractivity contribution in [3.8, 4) is 0 Å². The molecule has 0 radical (unpaired) electrons. The monoisotopic (exact) mass is 397 g/mol. The maximum absolute atomic E-state index is 12.1. The molecule has 0 bridgehead atoms. The summed E-state index contributed by atoms with van der Waals surface area (Å²) in [5.41, 5.74) is 1.03. The standard InChI is InChI=1S/C22H31N5O2/c28-20-2-1-3-21(29)27(20)18-4-5-19(24-12-18)26-15-22(16-26)8-11-25(14-22)13-17-6-9-23-10-7-17/h4-5,12,17,23H,1-3,6-11,13-16H2. The van der Waals surface area contributed by atoms with Crippen LogP contribution in [0.25, 0.3) is 0 Å². The summed E-state index contributed by atoms with van der Waals surface area (Å²) in [6.07, 6.45) is 7.13.